The van der Waals surface area contributed by atoms with Crippen molar-refractivity contribution in [3.63, 3.8) is 0 Å². The molecule has 1 aliphatic heterocycles. The SMILES string of the molecule is CCc1ccc(C(=O)CCC(=O)N2CCNC[C@H]2C)cc1.Cl. The second-order valence-corrected chi connectivity index (χ2v) is 5.61. The monoisotopic (exact) mass is 324 g/mol. The molecule has 1 aromatic carbocycles. The highest BCUT2D eigenvalue weighted by molar-refractivity contribution is 5.98. The minimum absolute atomic E-state index is 0. The van der Waals surface area contributed by atoms with Crippen LogP contribution in [-0.2, 0) is 11.2 Å². The van der Waals surface area contributed by atoms with Crippen molar-refractivity contribution in [3.05, 3.63) is 35.4 Å². The summed E-state index contributed by atoms with van der Waals surface area (Å²) in [6, 6.07) is 7.89. The molecule has 1 amide bonds. The van der Waals surface area contributed by atoms with Gasteiger partial charge in [0.1, 0.15) is 0 Å². The molecule has 1 aromatic rings. The lowest BCUT2D eigenvalue weighted by Gasteiger charge is -2.34. The van der Waals surface area contributed by atoms with Gasteiger partial charge in [-0.3, -0.25) is 9.59 Å². The Balaban J connectivity index is 0.00000242. The first-order chi connectivity index (χ1) is 10.1. The zero-order chi connectivity index (χ0) is 15.2. The average molecular weight is 325 g/mol. The molecular formula is C17H25ClN2O2. The quantitative estimate of drug-likeness (QED) is 0.846. The lowest BCUT2D eigenvalue weighted by atomic mass is 10.0. The van der Waals surface area contributed by atoms with Crippen molar-refractivity contribution in [1.29, 1.82) is 0 Å². The second-order valence-electron chi connectivity index (χ2n) is 5.61. The van der Waals surface area contributed by atoms with Crippen LogP contribution >= 0.6 is 12.4 Å². The summed E-state index contributed by atoms with van der Waals surface area (Å²) in [6.45, 7) is 6.53. The molecule has 22 heavy (non-hydrogen) atoms. The van der Waals surface area contributed by atoms with Gasteiger partial charge in [0.15, 0.2) is 5.78 Å². The van der Waals surface area contributed by atoms with Gasteiger partial charge in [-0.1, -0.05) is 31.2 Å². The van der Waals surface area contributed by atoms with Crippen LogP contribution in [0.1, 0.15) is 42.6 Å². The fraction of sp³-hybridized carbons (Fsp3) is 0.529. The molecule has 0 spiro atoms. The average Bonchev–Trinajstić information content (AvgIpc) is 2.52. The number of aryl methyl sites for hydroxylation is 1. The van der Waals surface area contributed by atoms with E-state index in [-0.39, 0.29) is 30.1 Å². The van der Waals surface area contributed by atoms with E-state index in [4.69, 9.17) is 0 Å². The van der Waals surface area contributed by atoms with Crippen LogP contribution in [0.25, 0.3) is 0 Å². The number of benzene rings is 1. The third-order valence-corrected chi connectivity index (χ3v) is 4.07. The van der Waals surface area contributed by atoms with E-state index in [0.29, 0.717) is 18.4 Å². The topological polar surface area (TPSA) is 49.4 Å². The second kappa shape index (κ2) is 8.91. The molecule has 1 N–H and O–H groups in total. The maximum Gasteiger partial charge on any atom is 0.223 e. The Kier molecular flexibility index (Phi) is 7.56. The number of ketones is 1. The molecule has 1 atom stereocenters. The van der Waals surface area contributed by atoms with Gasteiger partial charge in [0.05, 0.1) is 0 Å². The highest BCUT2D eigenvalue weighted by Gasteiger charge is 2.23. The lowest BCUT2D eigenvalue weighted by molar-refractivity contribution is -0.133. The van der Waals surface area contributed by atoms with Gasteiger partial charge in [-0.2, -0.15) is 0 Å². The number of carbonyl (C=O) groups is 2. The van der Waals surface area contributed by atoms with E-state index in [1.54, 1.807) is 0 Å². The maximum atomic E-state index is 12.2. The van der Waals surface area contributed by atoms with Crippen molar-refractivity contribution in [2.75, 3.05) is 19.6 Å². The van der Waals surface area contributed by atoms with Gasteiger partial charge in [0.25, 0.3) is 0 Å². The molecular weight excluding hydrogens is 300 g/mol. The van der Waals surface area contributed by atoms with Crippen LogP contribution < -0.4 is 5.32 Å². The first kappa shape index (κ1) is 18.7. The van der Waals surface area contributed by atoms with Crippen molar-refractivity contribution in [3.8, 4) is 0 Å². The minimum atomic E-state index is 0. The molecule has 0 aromatic heterocycles. The molecule has 0 unspecified atom stereocenters. The van der Waals surface area contributed by atoms with Crippen molar-refractivity contribution in [2.24, 2.45) is 0 Å². The number of Topliss-reactive ketones (excluding diaryl/α,β-unsaturated/α-hetero) is 1. The van der Waals surface area contributed by atoms with Crippen molar-refractivity contribution < 1.29 is 9.59 Å². The molecule has 122 valence electrons. The third-order valence-electron chi connectivity index (χ3n) is 4.07. The molecule has 0 bridgehead atoms. The molecule has 1 fully saturated rings. The van der Waals surface area contributed by atoms with Crippen molar-refractivity contribution >= 4 is 24.1 Å². The summed E-state index contributed by atoms with van der Waals surface area (Å²) in [5.74, 6) is 0.135. The van der Waals surface area contributed by atoms with E-state index in [2.05, 4.69) is 12.2 Å². The third kappa shape index (κ3) is 4.82. The van der Waals surface area contributed by atoms with E-state index in [1.165, 1.54) is 5.56 Å². The van der Waals surface area contributed by atoms with E-state index in [9.17, 15) is 9.59 Å². The zero-order valence-electron chi connectivity index (χ0n) is 13.3. The summed E-state index contributed by atoms with van der Waals surface area (Å²) in [5, 5.41) is 3.26. The summed E-state index contributed by atoms with van der Waals surface area (Å²) in [6.07, 6.45) is 1.56. The van der Waals surface area contributed by atoms with Crippen molar-refractivity contribution in [1.82, 2.24) is 10.2 Å². The van der Waals surface area contributed by atoms with Crippen molar-refractivity contribution in [2.45, 2.75) is 39.2 Å². The molecule has 0 saturated carbocycles. The van der Waals surface area contributed by atoms with Crippen LogP contribution in [0, 0.1) is 0 Å². The predicted octanol–water partition coefficient (Wildman–Crippen LogP) is 2.45. The van der Waals surface area contributed by atoms with Gasteiger partial charge in [-0.25, -0.2) is 0 Å². The number of amides is 1. The standard InChI is InChI=1S/C17H24N2O2.ClH/c1-3-14-4-6-15(7-5-14)16(20)8-9-17(21)19-11-10-18-12-13(19)2;/h4-7,13,18H,3,8-12H2,1-2H3;1H/t13-;/m1./s1. The number of halogens is 1. The number of hydrogen-bond donors (Lipinski definition) is 1. The number of nitrogens with one attached hydrogen (secondary N) is 1. The van der Waals surface area contributed by atoms with Gasteiger partial charge in [0.2, 0.25) is 5.91 Å². The van der Waals surface area contributed by atoms with E-state index < -0.39 is 0 Å². The summed E-state index contributed by atoms with van der Waals surface area (Å²) in [5.41, 5.74) is 1.92. The summed E-state index contributed by atoms with van der Waals surface area (Å²) in [4.78, 5) is 26.2. The summed E-state index contributed by atoms with van der Waals surface area (Å²) >= 11 is 0. The summed E-state index contributed by atoms with van der Waals surface area (Å²) in [7, 11) is 0. The van der Waals surface area contributed by atoms with Crippen LogP contribution in [0.15, 0.2) is 24.3 Å². The molecule has 0 radical (unpaired) electrons. The maximum absolute atomic E-state index is 12.2. The Bertz CT molecular complexity index is 502. The number of hydrogen-bond acceptors (Lipinski definition) is 3. The minimum Gasteiger partial charge on any atom is -0.337 e. The summed E-state index contributed by atoms with van der Waals surface area (Å²) < 4.78 is 0. The highest BCUT2D eigenvalue weighted by Crippen LogP contribution is 2.11. The first-order valence-corrected chi connectivity index (χ1v) is 7.74. The fourth-order valence-corrected chi connectivity index (χ4v) is 2.65. The first-order valence-electron chi connectivity index (χ1n) is 7.74. The van der Waals surface area contributed by atoms with Crippen LogP contribution in [0.4, 0.5) is 0 Å². The van der Waals surface area contributed by atoms with E-state index in [1.807, 2.05) is 36.1 Å². The van der Waals surface area contributed by atoms with E-state index in [0.717, 1.165) is 26.1 Å². The number of nitrogens with zero attached hydrogens (tertiary/aromatic N) is 1. The van der Waals surface area contributed by atoms with Gasteiger partial charge < -0.3 is 10.2 Å². The normalized spacial score (nSPS) is 17.7. The molecule has 5 heteroatoms. The Morgan fingerprint density at radius 2 is 1.91 bits per heavy atom. The predicted molar refractivity (Wildman–Crippen MR) is 90.7 cm³/mol. The molecule has 4 nitrogen and oxygen atoms in total. The molecule has 1 aliphatic rings. The van der Waals surface area contributed by atoms with Crippen LogP contribution in [0.2, 0.25) is 0 Å². The highest BCUT2D eigenvalue weighted by atomic mass is 35.5. The number of rotatable bonds is 5. The smallest absolute Gasteiger partial charge is 0.223 e. The largest absolute Gasteiger partial charge is 0.337 e. The molecule has 1 saturated heterocycles. The Morgan fingerprint density at radius 3 is 2.50 bits per heavy atom. The van der Waals surface area contributed by atoms with Crippen LogP contribution in [0.3, 0.4) is 0 Å². The van der Waals surface area contributed by atoms with Crippen LogP contribution in [-0.4, -0.2) is 42.3 Å². The molecule has 2 rings (SSSR count). The van der Waals surface area contributed by atoms with Crippen LogP contribution in [0.5, 0.6) is 0 Å². The lowest BCUT2D eigenvalue weighted by Crippen LogP contribution is -2.52. The number of carbonyl (C=O) groups excluding carboxylic acids is 2. The Labute approximate surface area is 138 Å². The molecule has 0 aliphatic carbocycles. The van der Waals surface area contributed by atoms with Gasteiger partial charge in [-0.15, -0.1) is 12.4 Å². The van der Waals surface area contributed by atoms with E-state index >= 15 is 0 Å². The Morgan fingerprint density at radius 1 is 1.23 bits per heavy atom. The zero-order valence-corrected chi connectivity index (χ0v) is 14.1. The van der Waals surface area contributed by atoms with Gasteiger partial charge in [-0.05, 0) is 18.9 Å². The Hall–Kier alpha value is -1.39. The van der Waals surface area contributed by atoms with Gasteiger partial charge in [0, 0.05) is 44.1 Å². The van der Waals surface area contributed by atoms with Gasteiger partial charge >= 0.3 is 0 Å². The molecule has 1 heterocycles. The fourth-order valence-electron chi connectivity index (χ4n) is 2.65. The number of piperazine rings is 1.